The molecule has 0 unspecified atom stereocenters. The van der Waals surface area contributed by atoms with Crippen LogP contribution < -0.4 is 14.8 Å². The molecule has 1 amide bonds. The highest BCUT2D eigenvalue weighted by Gasteiger charge is 2.21. The summed E-state index contributed by atoms with van der Waals surface area (Å²) < 4.78 is 11.4. The van der Waals surface area contributed by atoms with Crippen molar-refractivity contribution in [2.75, 3.05) is 13.2 Å². The molecule has 1 aliphatic heterocycles. The highest BCUT2D eigenvalue weighted by molar-refractivity contribution is 7.12. The molecule has 0 saturated heterocycles. The van der Waals surface area contributed by atoms with E-state index in [1.54, 1.807) is 11.3 Å². The van der Waals surface area contributed by atoms with Crippen LogP contribution in [-0.4, -0.2) is 25.2 Å². The van der Waals surface area contributed by atoms with Crippen LogP contribution >= 0.6 is 11.3 Å². The maximum absolute atomic E-state index is 12.2. The van der Waals surface area contributed by atoms with Crippen LogP contribution in [0.4, 0.5) is 0 Å². The van der Waals surface area contributed by atoms with Crippen molar-refractivity contribution in [3.63, 3.8) is 0 Å². The Labute approximate surface area is 127 Å². The molecule has 1 atom stereocenters. The van der Waals surface area contributed by atoms with Crippen LogP contribution in [0, 0.1) is 13.8 Å². The second kappa shape index (κ2) is 5.77. The number of thiophene rings is 1. The number of carbonyl (C=O) groups excluding carboxylic acids is 1. The maximum Gasteiger partial charge on any atom is 0.252 e. The lowest BCUT2D eigenvalue weighted by molar-refractivity contribution is 0.0789. The van der Waals surface area contributed by atoms with Gasteiger partial charge in [0.15, 0.2) is 11.5 Å². The molecule has 0 bridgehead atoms. The lowest BCUT2D eigenvalue weighted by atomic mass is 10.2. The highest BCUT2D eigenvalue weighted by atomic mass is 32.1. The van der Waals surface area contributed by atoms with Gasteiger partial charge in [-0.25, -0.2) is 0 Å². The third-order valence-electron chi connectivity index (χ3n) is 3.34. The van der Waals surface area contributed by atoms with Gasteiger partial charge in [0.2, 0.25) is 0 Å². The van der Waals surface area contributed by atoms with E-state index in [1.807, 2.05) is 44.2 Å². The Kier molecular flexibility index (Phi) is 3.84. The topological polar surface area (TPSA) is 47.6 Å². The molecular formula is C16H17NO3S. The van der Waals surface area contributed by atoms with E-state index in [2.05, 4.69) is 5.32 Å². The van der Waals surface area contributed by atoms with E-state index in [0.717, 1.165) is 26.8 Å². The zero-order chi connectivity index (χ0) is 14.8. The molecule has 2 aromatic rings. The smallest absolute Gasteiger partial charge is 0.252 e. The van der Waals surface area contributed by atoms with E-state index in [1.165, 1.54) is 0 Å². The van der Waals surface area contributed by atoms with Crippen molar-refractivity contribution < 1.29 is 14.3 Å². The zero-order valence-corrected chi connectivity index (χ0v) is 12.8. The fraction of sp³-hybridized carbons (Fsp3) is 0.312. The molecule has 4 nitrogen and oxygen atoms in total. The molecule has 1 aromatic heterocycles. The van der Waals surface area contributed by atoms with E-state index in [-0.39, 0.29) is 12.0 Å². The zero-order valence-electron chi connectivity index (χ0n) is 12.0. The summed E-state index contributed by atoms with van der Waals surface area (Å²) in [6.07, 6.45) is -0.163. The molecule has 21 heavy (non-hydrogen) atoms. The van der Waals surface area contributed by atoms with Gasteiger partial charge in [0.05, 0.1) is 12.1 Å². The summed E-state index contributed by atoms with van der Waals surface area (Å²) >= 11 is 1.63. The second-order valence-corrected chi connectivity index (χ2v) is 6.49. The molecule has 0 aliphatic carbocycles. The molecular weight excluding hydrogens is 286 g/mol. The average Bonchev–Trinajstić information content (AvgIpc) is 2.83. The Bertz CT molecular complexity index is 665. The summed E-state index contributed by atoms with van der Waals surface area (Å²) in [5.41, 5.74) is 0.745. The Hall–Kier alpha value is -2.01. The fourth-order valence-corrected chi connectivity index (χ4v) is 3.24. The molecule has 1 aliphatic rings. The van der Waals surface area contributed by atoms with Crippen LogP contribution in [0.3, 0.4) is 0 Å². The van der Waals surface area contributed by atoms with E-state index in [9.17, 15) is 4.79 Å². The third kappa shape index (κ3) is 3.03. The fourth-order valence-electron chi connectivity index (χ4n) is 2.32. The largest absolute Gasteiger partial charge is 0.486 e. The van der Waals surface area contributed by atoms with E-state index in [4.69, 9.17) is 9.47 Å². The monoisotopic (exact) mass is 303 g/mol. The van der Waals surface area contributed by atoms with Crippen molar-refractivity contribution >= 4 is 17.2 Å². The first-order valence-electron chi connectivity index (χ1n) is 6.87. The number of rotatable bonds is 3. The minimum Gasteiger partial charge on any atom is -0.486 e. The van der Waals surface area contributed by atoms with Crippen LogP contribution in [0.1, 0.15) is 20.1 Å². The second-order valence-electron chi connectivity index (χ2n) is 5.03. The van der Waals surface area contributed by atoms with Gasteiger partial charge in [-0.1, -0.05) is 12.1 Å². The van der Waals surface area contributed by atoms with E-state index >= 15 is 0 Å². The van der Waals surface area contributed by atoms with Crippen LogP contribution in [0.15, 0.2) is 30.3 Å². The lowest BCUT2D eigenvalue weighted by Gasteiger charge is -2.26. The number of aryl methyl sites for hydroxylation is 2. The molecule has 1 aromatic carbocycles. The summed E-state index contributed by atoms with van der Waals surface area (Å²) in [6, 6.07) is 9.48. The Morgan fingerprint density at radius 1 is 1.33 bits per heavy atom. The molecule has 1 N–H and O–H groups in total. The number of fused-ring (bicyclic) bond motifs is 1. The van der Waals surface area contributed by atoms with Crippen molar-refractivity contribution in [2.24, 2.45) is 0 Å². The first-order chi connectivity index (χ1) is 10.1. The van der Waals surface area contributed by atoms with Crippen molar-refractivity contribution in [1.29, 1.82) is 0 Å². The summed E-state index contributed by atoms with van der Waals surface area (Å²) in [4.78, 5) is 14.3. The highest BCUT2D eigenvalue weighted by Crippen LogP contribution is 2.30. The lowest BCUT2D eigenvalue weighted by Crippen LogP contribution is -2.40. The SMILES string of the molecule is Cc1cc(C(=O)NC[C@@H]2COc3ccccc3O2)c(C)s1. The molecule has 5 heteroatoms. The number of nitrogens with one attached hydrogen (secondary N) is 1. The first kappa shape index (κ1) is 13.9. The maximum atomic E-state index is 12.2. The standard InChI is InChI=1S/C16H17NO3S/c1-10-7-13(11(2)21-10)16(18)17-8-12-9-19-14-5-3-4-6-15(14)20-12/h3-7,12H,8-9H2,1-2H3,(H,17,18)/t12-/m1/s1. The average molecular weight is 303 g/mol. The number of amides is 1. The van der Waals surface area contributed by atoms with Crippen LogP contribution in [-0.2, 0) is 0 Å². The summed E-state index contributed by atoms with van der Waals surface area (Å²) in [7, 11) is 0. The Morgan fingerprint density at radius 3 is 2.81 bits per heavy atom. The van der Waals surface area contributed by atoms with Crippen molar-refractivity contribution in [1.82, 2.24) is 5.32 Å². The van der Waals surface area contributed by atoms with Gasteiger partial charge in [0.1, 0.15) is 12.7 Å². The number of hydrogen-bond donors (Lipinski definition) is 1. The molecule has 0 radical (unpaired) electrons. The first-order valence-corrected chi connectivity index (χ1v) is 7.69. The van der Waals surface area contributed by atoms with Gasteiger partial charge in [-0.15, -0.1) is 11.3 Å². The summed E-state index contributed by atoms with van der Waals surface area (Å²) in [5, 5.41) is 2.92. The molecule has 3 rings (SSSR count). The van der Waals surface area contributed by atoms with Crippen LogP contribution in [0.25, 0.3) is 0 Å². The van der Waals surface area contributed by atoms with Crippen molar-refractivity contribution in [3.05, 3.63) is 45.6 Å². The normalized spacial score (nSPS) is 16.6. The van der Waals surface area contributed by atoms with Crippen molar-refractivity contribution in [3.8, 4) is 11.5 Å². The third-order valence-corrected chi connectivity index (χ3v) is 4.31. The Balaban J connectivity index is 1.59. The number of benzene rings is 1. The van der Waals surface area contributed by atoms with Gasteiger partial charge >= 0.3 is 0 Å². The van der Waals surface area contributed by atoms with E-state index < -0.39 is 0 Å². The van der Waals surface area contributed by atoms with Crippen LogP contribution in [0.5, 0.6) is 11.5 Å². The van der Waals surface area contributed by atoms with Gasteiger partial charge in [-0.05, 0) is 32.0 Å². The quantitative estimate of drug-likeness (QED) is 0.948. The van der Waals surface area contributed by atoms with Gasteiger partial charge in [-0.3, -0.25) is 4.79 Å². The number of ether oxygens (including phenoxy) is 2. The number of carbonyl (C=O) groups is 1. The van der Waals surface area contributed by atoms with Gasteiger partial charge in [-0.2, -0.15) is 0 Å². The Morgan fingerprint density at radius 2 is 2.10 bits per heavy atom. The summed E-state index contributed by atoms with van der Waals surface area (Å²) in [5.74, 6) is 1.43. The van der Waals surface area contributed by atoms with Crippen LogP contribution in [0.2, 0.25) is 0 Å². The predicted octanol–water partition coefficient (Wildman–Crippen LogP) is 2.93. The van der Waals surface area contributed by atoms with Gasteiger partial charge in [0, 0.05) is 9.75 Å². The minimum absolute atomic E-state index is 0.0562. The van der Waals surface area contributed by atoms with Gasteiger partial charge < -0.3 is 14.8 Å². The summed E-state index contributed by atoms with van der Waals surface area (Å²) in [6.45, 7) is 4.84. The number of hydrogen-bond acceptors (Lipinski definition) is 4. The molecule has 0 spiro atoms. The van der Waals surface area contributed by atoms with Crippen molar-refractivity contribution in [2.45, 2.75) is 20.0 Å². The molecule has 0 fully saturated rings. The molecule has 2 heterocycles. The molecule has 0 saturated carbocycles. The van der Waals surface area contributed by atoms with E-state index in [0.29, 0.717) is 13.2 Å². The minimum atomic E-state index is -0.163. The predicted molar refractivity (Wildman–Crippen MR) is 82.5 cm³/mol. The molecule has 110 valence electrons. The number of para-hydroxylation sites is 2. The van der Waals surface area contributed by atoms with Gasteiger partial charge in [0.25, 0.3) is 5.91 Å².